The van der Waals surface area contributed by atoms with E-state index < -0.39 is 0 Å². The summed E-state index contributed by atoms with van der Waals surface area (Å²) in [7, 11) is 8.36. The SMILES string of the molecule is Cc1cc([C@H]2[C@H](c3ccccn3)NC(=S)N2CCCN(C)C)c(C)n1-c1ccc(N(C)C)cc1. The second-order valence-corrected chi connectivity index (χ2v) is 9.94. The highest BCUT2D eigenvalue weighted by Crippen LogP contribution is 2.41. The average molecular weight is 477 g/mol. The molecular weight excluding hydrogens is 440 g/mol. The van der Waals surface area contributed by atoms with Crippen LogP contribution < -0.4 is 10.2 Å². The first-order chi connectivity index (χ1) is 16.3. The molecule has 0 unspecified atom stereocenters. The van der Waals surface area contributed by atoms with Crippen LogP contribution >= 0.6 is 12.2 Å². The normalized spacial score (nSPS) is 18.0. The Morgan fingerprint density at radius 3 is 2.38 bits per heavy atom. The maximum absolute atomic E-state index is 5.85. The highest BCUT2D eigenvalue weighted by atomic mass is 32.1. The number of benzene rings is 1. The van der Waals surface area contributed by atoms with Crippen LogP contribution in [-0.4, -0.2) is 65.7 Å². The largest absolute Gasteiger partial charge is 0.378 e. The summed E-state index contributed by atoms with van der Waals surface area (Å²) in [6.45, 7) is 6.33. The van der Waals surface area contributed by atoms with Crippen LogP contribution in [-0.2, 0) is 0 Å². The molecule has 2 aromatic heterocycles. The van der Waals surface area contributed by atoms with Crippen molar-refractivity contribution >= 4 is 23.0 Å². The van der Waals surface area contributed by atoms with Gasteiger partial charge in [0.2, 0.25) is 0 Å². The van der Waals surface area contributed by atoms with E-state index in [4.69, 9.17) is 12.2 Å². The lowest BCUT2D eigenvalue weighted by Gasteiger charge is -2.28. The molecular formula is C27H36N6S. The number of anilines is 1. The number of hydrogen-bond acceptors (Lipinski definition) is 4. The van der Waals surface area contributed by atoms with E-state index in [1.165, 1.54) is 28.3 Å². The molecule has 4 rings (SSSR count). The highest BCUT2D eigenvalue weighted by molar-refractivity contribution is 7.80. The maximum Gasteiger partial charge on any atom is 0.170 e. The summed E-state index contributed by atoms with van der Waals surface area (Å²) in [5, 5.41) is 4.39. The van der Waals surface area contributed by atoms with E-state index in [0.29, 0.717) is 0 Å². The van der Waals surface area contributed by atoms with E-state index in [0.717, 1.165) is 30.3 Å². The predicted octanol–water partition coefficient (Wildman–Crippen LogP) is 4.48. The first-order valence-corrected chi connectivity index (χ1v) is 12.3. The van der Waals surface area contributed by atoms with Crippen molar-refractivity contribution in [1.82, 2.24) is 24.7 Å². The fraction of sp³-hybridized carbons (Fsp3) is 0.407. The Morgan fingerprint density at radius 2 is 1.76 bits per heavy atom. The van der Waals surface area contributed by atoms with Crippen molar-refractivity contribution < 1.29 is 0 Å². The van der Waals surface area contributed by atoms with Gasteiger partial charge in [0.1, 0.15) is 0 Å². The van der Waals surface area contributed by atoms with Gasteiger partial charge in [-0.2, -0.15) is 0 Å². The van der Waals surface area contributed by atoms with Gasteiger partial charge >= 0.3 is 0 Å². The van der Waals surface area contributed by atoms with Crippen molar-refractivity contribution in [3.05, 3.63) is 77.4 Å². The Bertz CT molecular complexity index is 1120. The minimum absolute atomic E-state index is 0.0122. The zero-order valence-electron chi connectivity index (χ0n) is 21.1. The van der Waals surface area contributed by atoms with Crippen LogP contribution in [0.1, 0.15) is 41.1 Å². The fourth-order valence-electron chi connectivity index (χ4n) is 4.93. The zero-order valence-corrected chi connectivity index (χ0v) is 21.9. The van der Waals surface area contributed by atoms with Crippen molar-refractivity contribution in [2.45, 2.75) is 32.4 Å². The van der Waals surface area contributed by atoms with E-state index >= 15 is 0 Å². The topological polar surface area (TPSA) is 39.6 Å². The van der Waals surface area contributed by atoms with Crippen LogP contribution in [0.2, 0.25) is 0 Å². The molecule has 0 amide bonds. The van der Waals surface area contributed by atoms with Crippen molar-refractivity contribution in [2.75, 3.05) is 46.2 Å². The van der Waals surface area contributed by atoms with Crippen molar-refractivity contribution in [1.29, 1.82) is 0 Å². The smallest absolute Gasteiger partial charge is 0.170 e. The average Bonchev–Trinajstić information content (AvgIpc) is 3.29. The van der Waals surface area contributed by atoms with Gasteiger partial charge in [-0.3, -0.25) is 4.98 Å². The Morgan fingerprint density at radius 1 is 1.03 bits per heavy atom. The van der Waals surface area contributed by atoms with Gasteiger partial charge in [0.15, 0.2) is 5.11 Å². The van der Waals surface area contributed by atoms with E-state index in [9.17, 15) is 0 Å². The van der Waals surface area contributed by atoms with Crippen LogP contribution in [0.15, 0.2) is 54.7 Å². The molecule has 0 spiro atoms. The lowest BCUT2D eigenvalue weighted by molar-refractivity contribution is 0.292. The van der Waals surface area contributed by atoms with Gasteiger partial charge in [0.25, 0.3) is 0 Å². The standard InChI is InChI=1S/C27H36N6S/c1-19-18-23(20(2)33(19)22-13-11-21(12-14-22)31(5)6)26-25(24-10-7-8-15-28-24)29-27(34)32(26)17-9-16-30(3)4/h7-8,10-15,18,25-26H,9,16-17H2,1-6H3,(H,29,34)/t25-,26-/m0/s1. The third kappa shape index (κ3) is 4.81. The van der Waals surface area contributed by atoms with Crippen LogP contribution in [0.4, 0.5) is 5.69 Å². The predicted molar refractivity (Wildman–Crippen MR) is 145 cm³/mol. The number of aryl methyl sites for hydroxylation is 1. The molecule has 180 valence electrons. The van der Waals surface area contributed by atoms with Crippen molar-refractivity contribution in [3.8, 4) is 5.69 Å². The fourth-order valence-corrected chi connectivity index (χ4v) is 5.26. The molecule has 3 aromatic rings. The minimum atomic E-state index is 0.0122. The maximum atomic E-state index is 5.85. The summed E-state index contributed by atoms with van der Waals surface area (Å²) in [6, 6.07) is 17.3. The Kier molecular flexibility index (Phi) is 7.24. The van der Waals surface area contributed by atoms with Crippen LogP contribution in [0, 0.1) is 13.8 Å². The lowest BCUT2D eigenvalue weighted by atomic mass is 9.96. The Labute approximate surface area is 209 Å². The second-order valence-electron chi connectivity index (χ2n) is 9.55. The number of rotatable bonds is 8. The van der Waals surface area contributed by atoms with Gasteiger partial charge in [-0.25, -0.2) is 0 Å². The van der Waals surface area contributed by atoms with E-state index in [1.807, 2.05) is 12.3 Å². The molecule has 0 saturated carbocycles. The molecule has 6 nitrogen and oxygen atoms in total. The van der Waals surface area contributed by atoms with Crippen LogP contribution in [0.3, 0.4) is 0 Å². The zero-order chi connectivity index (χ0) is 24.4. The second kappa shape index (κ2) is 10.2. The number of nitrogens with zero attached hydrogens (tertiary/aromatic N) is 5. The van der Waals surface area contributed by atoms with Gasteiger partial charge < -0.3 is 24.6 Å². The van der Waals surface area contributed by atoms with E-state index in [2.05, 4.69) is 114 Å². The van der Waals surface area contributed by atoms with Gasteiger partial charge in [-0.1, -0.05) is 6.07 Å². The summed E-state index contributed by atoms with van der Waals surface area (Å²) in [5.74, 6) is 0. The number of hydrogen-bond donors (Lipinski definition) is 1. The third-order valence-electron chi connectivity index (χ3n) is 6.62. The molecule has 34 heavy (non-hydrogen) atoms. The molecule has 3 heterocycles. The summed E-state index contributed by atoms with van der Waals surface area (Å²) in [6.07, 6.45) is 2.91. The highest BCUT2D eigenvalue weighted by Gasteiger charge is 2.41. The minimum Gasteiger partial charge on any atom is -0.378 e. The van der Waals surface area contributed by atoms with Crippen LogP contribution in [0.5, 0.6) is 0 Å². The lowest BCUT2D eigenvalue weighted by Crippen LogP contribution is -2.32. The number of pyridine rings is 1. The molecule has 7 heteroatoms. The summed E-state index contributed by atoms with van der Waals surface area (Å²) >= 11 is 5.85. The molecule has 1 aromatic carbocycles. The Hall–Kier alpha value is -2.90. The Balaban J connectivity index is 1.74. The van der Waals surface area contributed by atoms with Gasteiger partial charge in [-0.15, -0.1) is 0 Å². The number of nitrogens with one attached hydrogen (secondary N) is 1. The van der Waals surface area contributed by atoms with Crippen LogP contribution in [0.25, 0.3) is 5.69 Å². The van der Waals surface area contributed by atoms with Crippen molar-refractivity contribution in [3.63, 3.8) is 0 Å². The molecule has 1 N–H and O–H groups in total. The molecule has 1 aliphatic heterocycles. The van der Waals surface area contributed by atoms with E-state index in [1.54, 1.807) is 0 Å². The molecule has 1 saturated heterocycles. The first-order valence-electron chi connectivity index (χ1n) is 11.9. The third-order valence-corrected chi connectivity index (χ3v) is 6.97. The molecule has 1 aliphatic rings. The number of thiocarbonyl (C=S) groups is 1. The molecule has 0 aliphatic carbocycles. The molecule has 1 fully saturated rings. The first kappa shape index (κ1) is 24.2. The van der Waals surface area contributed by atoms with Gasteiger partial charge in [0, 0.05) is 49.6 Å². The van der Waals surface area contributed by atoms with E-state index in [-0.39, 0.29) is 12.1 Å². The van der Waals surface area contributed by atoms with Crippen molar-refractivity contribution in [2.24, 2.45) is 0 Å². The molecule has 2 atom stereocenters. The summed E-state index contributed by atoms with van der Waals surface area (Å²) in [5.41, 5.74) is 7.14. The number of aromatic nitrogens is 2. The molecule has 0 bridgehead atoms. The summed E-state index contributed by atoms with van der Waals surface area (Å²) in [4.78, 5) is 11.4. The quantitative estimate of drug-likeness (QED) is 0.484. The monoisotopic (exact) mass is 476 g/mol. The van der Waals surface area contributed by atoms with Gasteiger partial charge in [0.05, 0.1) is 17.8 Å². The molecule has 0 radical (unpaired) electrons. The van der Waals surface area contributed by atoms with Gasteiger partial charge in [-0.05, 0) is 101 Å². The summed E-state index contributed by atoms with van der Waals surface area (Å²) < 4.78 is 2.35.